The molecule has 0 aromatic carbocycles. The Labute approximate surface area is 118 Å². The minimum atomic E-state index is 0.326. The molecule has 0 radical (unpaired) electrons. The summed E-state index contributed by atoms with van der Waals surface area (Å²) in [6.07, 6.45) is 12.9. The van der Waals surface area contributed by atoms with Gasteiger partial charge in [0.2, 0.25) is 0 Å². The Morgan fingerprint density at radius 2 is 1.44 bits per heavy atom. The topological polar surface area (TPSA) is 0 Å². The summed E-state index contributed by atoms with van der Waals surface area (Å²) in [5.41, 5.74) is 0.326. The second kappa shape index (κ2) is 2.88. The molecule has 7 aliphatic carbocycles. The van der Waals surface area contributed by atoms with Gasteiger partial charge < -0.3 is 0 Å². The Hall–Kier alpha value is 0.0400. The predicted molar refractivity (Wildman–Crippen MR) is 76.1 cm³/mol. The molecular weight excluding hydrogens is 284 g/mol. The zero-order chi connectivity index (χ0) is 12.3. The first-order chi connectivity index (χ1) is 8.57. The van der Waals surface area contributed by atoms with Crippen molar-refractivity contribution in [2.75, 3.05) is 0 Å². The SMILES string of the molecule is C#CC12CC3C4CC5(Br)CC3C(C1)C(C4C2)C5C. The van der Waals surface area contributed by atoms with E-state index < -0.39 is 0 Å². The molecule has 7 rings (SSSR count). The Morgan fingerprint density at radius 3 is 2.00 bits per heavy atom. The predicted octanol–water partition coefficient (Wildman–Crippen LogP) is 4.09. The maximum atomic E-state index is 5.94. The number of hydrogen-bond donors (Lipinski definition) is 0. The van der Waals surface area contributed by atoms with Gasteiger partial charge in [0.1, 0.15) is 0 Å². The van der Waals surface area contributed by atoms with Gasteiger partial charge in [0.05, 0.1) is 0 Å². The molecule has 5 atom stereocenters. The number of terminal acetylenes is 1. The zero-order valence-electron chi connectivity index (χ0n) is 11.0. The lowest BCUT2D eigenvalue weighted by atomic mass is 9.31. The fourth-order valence-corrected chi connectivity index (χ4v) is 8.48. The average molecular weight is 305 g/mol. The van der Waals surface area contributed by atoms with Crippen LogP contribution in [0, 0.1) is 59.2 Å². The molecule has 7 aliphatic rings. The molecule has 5 unspecified atom stereocenters. The first-order valence-electron chi connectivity index (χ1n) is 7.74. The molecule has 0 aromatic rings. The number of rotatable bonds is 0. The summed E-state index contributed by atoms with van der Waals surface area (Å²) in [4.78, 5) is 0. The fourth-order valence-electron chi connectivity index (χ4n) is 7.43. The molecule has 7 saturated carbocycles. The third-order valence-electron chi connectivity index (χ3n) is 7.92. The van der Waals surface area contributed by atoms with Gasteiger partial charge in [0, 0.05) is 9.74 Å². The standard InChI is InChI=1S/C17H21Br/c1-3-16-4-10-11-7-17(18)8-12(10)14(6-16)15(9(17)2)13(11)5-16/h1,9-15H,4-8H2,2H3. The van der Waals surface area contributed by atoms with Crippen molar-refractivity contribution in [1.29, 1.82) is 0 Å². The second-order valence-corrected chi connectivity index (χ2v) is 9.74. The maximum absolute atomic E-state index is 5.94. The van der Waals surface area contributed by atoms with Gasteiger partial charge >= 0.3 is 0 Å². The molecule has 0 N–H and O–H groups in total. The lowest BCUT2D eigenvalue weighted by Gasteiger charge is -2.75. The highest BCUT2D eigenvalue weighted by Crippen LogP contribution is 2.77. The van der Waals surface area contributed by atoms with Gasteiger partial charge in [-0.15, -0.1) is 6.42 Å². The van der Waals surface area contributed by atoms with Crippen LogP contribution in [0.4, 0.5) is 0 Å². The lowest BCUT2D eigenvalue weighted by molar-refractivity contribution is -0.230. The number of alkyl halides is 1. The molecule has 0 aromatic heterocycles. The lowest BCUT2D eigenvalue weighted by Crippen LogP contribution is -2.70. The maximum Gasteiger partial charge on any atom is 0.0320 e. The van der Waals surface area contributed by atoms with E-state index in [2.05, 4.69) is 28.8 Å². The molecule has 0 nitrogen and oxygen atoms in total. The summed E-state index contributed by atoms with van der Waals surface area (Å²) < 4.78 is 0.504. The smallest absolute Gasteiger partial charge is 0.0320 e. The average Bonchev–Trinajstić information content (AvgIpc) is 2.36. The van der Waals surface area contributed by atoms with Crippen LogP contribution >= 0.6 is 15.9 Å². The highest BCUT2D eigenvalue weighted by atomic mass is 79.9. The van der Waals surface area contributed by atoms with E-state index in [4.69, 9.17) is 6.42 Å². The van der Waals surface area contributed by atoms with Crippen LogP contribution in [-0.4, -0.2) is 4.32 Å². The third kappa shape index (κ3) is 0.943. The molecule has 96 valence electrons. The Morgan fingerprint density at radius 1 is 0.944 bits per heavy atom. The minimum Gasteiger partial charge on any atom is -0.120 e. The molecule has 7 fully saturated rings. The van der Waals surface area contributed by atoms with E-state index >= 15 is 0 Å². The summed E-state index contributed by atoms with van der Waals surface area (Å²) in [7, 11) is 0. The Balaban J connectivity index is 1.68. The summed E-state index contributed by atoms with van der Waals surface area (Å²) in [5.74, 6) is 10.1. The van der Waals surface area contributed by atoms with Crippen LogP contribution in [0.2, 0.25) is 0 Å². The van der Waals surface area contributed by atoms with Crippen LogP contribution in [0.15, 0.2) is 0 Å². The van der Waals surface area contributed by atoms with Crippen molar-refractivity contribution in [2.24, 2.45) is 46.8 Å². The van der Waals surface area contributed by atoms with E-state index in [1.807, 2.05) is 0 Å². The van der Waals surface area contributed by atoms with Crippen molar-refractivity contribution in [3.8, 4) is 12.3 Å². The molecule has 0 aliphatic heterocycles. The molecule has 1 heteroatoms. The highest BCUT2D eigenvalue weighted by Gasteiger charge is 2.71. The van der Waals surface area contributed by atoms with Gasteiger partial charge in [0.25, 0.3) is 0 Å². The van der Waals surface area contributed by atoms with Crippen molar-refractivity contribution >= 4 is 15.9 Å². The van der Waals surface area contributed by atoms with Crippen molar-refractivity contribution in [3.05, 3.63) is 0 Å². The zero-order valence-corrected chi connectivity index (χ0v) is 12.6. The normalized spacial score (nSPS) is 70.6. The first kappa shape index (κ1) is 10.8. The Bertz CT molecular complexity index is 448. The van der Waals surface area contributed by atoms with Gasteiger partial charge in [-0.1, -0.05) is 28.8 Å². The van der Waals surface area contributed by atoms with E-state index in [0.717, 1.165) is 41.4 Å². The monoisotopic (exact) mass is 304 g/mol. The van der Waals surface area contributed by atoms with Crippen LogP contribution in [-0.2, 0) is 0 Å². The first-order valence-corrected chi connectivity index (χ1v) is 8.53. The third-order valence-corrected chi connectivity index (χ3v) is 9.29. The van der Waals surface area contributed by atoms with Crippen molar-refractivity contribution in [2.45, 2.75) is 43.4 Å². The van der Waals surface area contributed by atoms with Crippen molar-refractivity contribution in [1.82, 2.24) is 0 Å². The van der Waals surface area contributed by atoms with E-state index in [9.17, 15) is 0 Å². The molecule has 8 bridgehead atoms. The number of hydrogen-bond acceptors (Lipinski definition) is 0. The molecule has 0 saturated heterocycles. The largest absolute Gasteiger partial charge is 0.120 e. The Kier molecular flexibility index (Phi) is 1.72. The summed E-state index contributed by atoms with van der Waals surface area (Å²) in [6, 6.07) is 0. The van der Waals surface area contributed by atoms with Gasteiger partial charge in [-0.25, -0.2) is 0 Å². The van der Waals surface area contributed by atoms with Crippen LogP contribution in [0.3, 0.4) is 0 Å². The summed E-state index contributed by atoms with van der Waals surface area (Å²) in [5, 5.41) is 0. The van der Waals surface area contributed by atoms with Crippen molar-refractivity contribution in [3.63, 3.8) is 0 Å². The minimum absolute atomic E-state index is 0.326. The van der Waals surface area contributed by atoms with Crippen LogP contribution in [0.5, 0.6) is 0 Å². The molecule has 0 amide bonds. The van der Waals surface area contributed by atoms with Crippen LogP contribution in [0.25, 0.3) is 0 Å². The molecule has 0 heterocycles. The van der Waals surface area contributed by atoms with Crippen LogP contribution < -0.4 is 0 Å². The van der Waals surface area contributed by atoms with Gasteiger partial charge in [-0.05, 0) is 73.5 Å². The highest BCUT2D eigenvalue weighted by molar-refractivity contribution is 9.10. The molecular formula is C17H21Br. The number of halogens is 1. The van der Waals surface area contributed by atoms with E-state index in [-0.39, 0.29) is 0 Å². The van der Waals surface area contributed by atoms with Gasteiger partial charge in [-0.2, -0.15) is 0 Å². The quantitative estimate of drug-likeness (QED) is 0.467. The summed E-state index contributed by atoms with van der Waals surface area (Å²) >= 11 is 4.17. The van der Waals surface area contributed by atoms with E-state index in [1.54, 1.807) is 0 Å². The fraction of sp³-hybridized carbons (Fsp3) is 0.882. The van der Waals surface area contributed by atoms with Gasteiger partial charge in [0.15, 0.2) is 0 Å². The van der Waals surface area contributed by atoms with E-state index in [0.29, 0.717) is 9.74 Å². The van der Waals surface area contributed by atoms with E-state index in [1.165, 1.54) is 32.1 Å². The van der Waals surface area contributed by atoms with Crippen LogP contribution in [0.1, 0.15) is 39.0 Å². The molecule has 0 spiro atoms. The molecule has 18 heavy (non-hydrogen) atoms. The van der Waals surface area contributed by atoms with Crippen molar-refractivity contribution < 1.29 is 0 Å². The second-order valence-electron chi connectivity index (χ2n) is 8.17. The van der Waals surface area contributed by atoms with Gasteiger partial charge in [-0.3, -0.25) is 0 Å². The summed E-state index contributed by atoms with van der Waals surface area (Å²) in [6.45, 7) is 2.52.